The van der Waals surface area contributed by atoms with Gasteiger partial charge in [0.2, 0.25) is 5.95 Å². The summed E-state index contributed by atoms with van der Waals surface area (Å²) in [5.41, 5.74) is 2.50. The van der Waals surface area contributed by atoms with Gasteiger partial charge in [-0.05, 0) is 44.4 Å². The largest absolute Gasteiger partial charge is 0.394 e. The number of anilines is 2. The number of nitrogens with one attached hydrogen (secondary N) is 1. The lowest BCUT2D eigenvalue weighted by molar-refractivity contribution is 0.265. The van der Waals surface area contributed by atoms with E-state index in [0.29, 0.717) is 28.4 Å². The molecule has 0 radical (unpaired) electrons. The number of hydrogen-bond donors (Lipinski definition) is 2. The normalized spacial score (nSPS) is 16.9. The van der Waals surface area contributed by atoms with E-state index in [2.05, 4.69) is 29.0 Å². The summed E-state index contributed by atoms with van der Waals surface area (Å²) in [6, 6.07) is 5.82. The maximum absolute atomic E-state index is 9.73. The number of nitrogens with zero attached hydrogens (tertiary/aromatic N) is 5. The lowest BCUT2D eigenvalue weighted by Gasteiger charge is -2.23. The van der Waals surface area contributed by atoms with Crippen LogP contribution in [0.1, 0.15) is 38.3 Å². The lowest BCUT2D eigenvalue weighted by atomic mass is 10.2. The summed E-state index contributed by atoms with van der Waals surface area (Å²) < 4.78 is 2.04. The summed E-state index contributed by atoms with van der Waals surface area (Å²) in [7, 11) is 0. The Morgan fingerprint density at radius 2 is 2.07 bits per heavy atom. The Morgan fingerprint density at radius 1 is 1.24 bits per heavy atom. The molecule has 2 N–H and O–H groups in total. The Bertz CT molecular complexity index is 1020. The highest BCUT2D eigenvalue weighted by Gasteiger charge is 2.27. The summed E-state index contributed by atoms with van der Waals surface area (Å²) in [6.45, 7) is 5.65. The number of hydrogen-bond acceptors (Lipinski definition) is 6. The zero-order valence-corrected chi connectivity index (χ0v) is 18.0. The van der Waals surface area contributed by atoms with E-state index in [1.54, 1.807) is 12.4 Å². The molecule has 1 unspecified atom stereocenters. The zero-order chi connectivity index (χ0) is 20.5. The summed E-state index contributed by atoms with van der Waals surface area (Å²) in [4.78, 5) is 16.2. The molecule has 29 heavy (non-hydrogen) atoms. The van der Waals surface area contributed by atoms with E-state index < -0.39 is 0 Å². The molecule has 9 heteroatoms. The highest BCUT2D eigenvalue weighted by atomic mass is 35.5. The molecule has 0 spiro atoms. The number of benzene rings is 1. The van der Waals surface area contributed by atoms with E-state index in [1.807, 2.05) is 16.7 Å². The minimum atomic E-state index is 0.0470. The van der Waals surface area contributed by atoms with Gasteiger partial charge < -0.3 is 19.9 Å². The zero-order valence-electron chi connectivity index (χ0n) is 16.4. The van der Waals surface area contributed by atoms with Crippen LogP contribution in [0.5, 0.6) is 0 Å². The third-order valence-corrected chi connectivity index (χ3v) is 5.99. The van der Waals surface area contributed by atoms with Gasteiger partial charge >= 0.3 is 0 Å². The number of fused-ring (bicyclic) bond motifs is 1. The maximum atomic E-state index is 9.73. The van der Waals surface area contributed by atoms with Crippen molar-refractivity contribution in [3.8, 4) is 0 Å². The molecule has 3 heterocycles. The molecule has 3 aromatic rings. The van der Waals surface area contributed by atoms with Crippen molar-refractivity contribution in [1.29, 1.82) is 0 Å². The number of aliphatic hydroxyl groups excluding tert-OH is 1. The first-order valence-electron chi connectivity index (χ1n) is 9.77. The summed E-state index contributed by atoms with van der Waals surface area (Å²) in [5, 5.41) is 14.2. The van der Waals surface area contributed by atoms with Crippen molar-refractivity contribution in [2.45, 2.75) is 45.3 Å². The topological polar surface area (TPSA) is 79.1 Å². The fourth-order valence-electron chi connectivity index (χ4n) is 3.66. The molecular weight excluding hydrogens is 411 g/mol. The van der Waals surface area contributed by atoms with Crippen LogP contribution in [0.2, 0.25) is 10.0 Å². The van der Waals surface area contributed by atoms with Crippen molar-refractivity contribution < 1.29 is 5.11 Å². The number of rotatable bonds is 6. The van der Waals surface area contributed by atoms with E-state index >= 15 is 0 Å². The van der Waals surface area contributed by atoms with Crippen LogP contribution in [-0.4, -0.2) is 43.8 Å². The first-order chi connectivity index (χ1) is 14.0. The van der Waals surface area contributed by atoms with Crippen LogP contribution >= 0.6 is 23.2 Å². The van der Waals surface area contributed by atoms with Crippen molar-refractivity contribution in [2.24, 2.45) is 0 Å². The number of aliphatic hydroxyl groups is 1. The molecule has 1 aliphatic heterocycles. The number of imidazole rings is 1. The maximum Gasteiger partial charge on any atom is 0.229 e. The molecule has 0 amide bonds. The van der Waals surface area contributed by atoms with Gasteiger partial charge in [0.05, 0.1) is 29.0 Å². The van der Waals surface area contributed by atoms with Gasteiger partial charge in [-0.15, -0.1) is 0 Å². The van der Waals surface area contributed by atoms with Crippen molar-refractivity contribution in [1.82, 2.24) is 19.5 Å². The van der Waals surface area contributed by atoms with Gasteiger partial charge in [0.15, 0.2) is 17.0 Å². The first-order valence-corrected chi connectivity index (χ1v) is 10.5. The Balaban J connectivity index is 1.72. The molecule has 0 saturated carbocycles. The second-order valence-electron chi connectivity index (χ2n) is 7.56. The smallest absolute Gasteiger partial charge is 0.229 e. The Hall–Kier alpha value is -2.09. The van der Waals surface area contributed by atoms with Gasteiger partial charge in [0.1, 0.15) is 0 Å². The van der Waals surface area contributed by atoms with E-state index in [-0.39, 0.29) is 18.7 Å². The SMILES string of the molecule is CC(C)n1cnc2c(NCc3ccc(Cl)c(Cl)c3)nc(N3CCCC3CO)nc21. The predicted octanol–water partition coefficient (Wildman–Crippen LogP) is 4.29. The fraction of sp³-hybridized carbons (Fsp3) is 0.450. The Morgan fingerprint density at radius 3 is 2.79 bits per heavy atom. The van der Waals surface area contributed by atoms with E-state index in [1.165, 1.54) is 0 Å². The second kappa shape index (κ2) is 8.34. The molecule has 0 aliphatic carbocycles. The van der Waals surface area contributed by atoms with Crippen LogP contribution in [-0.2, 0) is 6.54 Å². The van der Waals surface area contributed by atoms with Crippen LogP contribution in [0.25, 0.3) is 11.2 Å². The monoisotopic (exact) mass is 434 g/mol. The van der Waals surface area contributed by atoms with Gasteiger partial charge in [0, 0.05) is 19.1 Å². The van der Waals surface area contributed by atoms with E-state index in [0.717, 1.165) is 36.1 Å². The van der Waals surface area contributed by atoms with Crippen molar-refractivity contribution in [3.05, 3.63) is 40.1 Å². The number of aromatic nitrogens is 4. The molecule has 1 saturated heterocycles. The van der Waals surface area contributed by atoms with Gasteiger partial charge in [-0.25, -0.2) is 4.98 Å². The molecule has 4 rings (SSSR count). The summed E-state index contributed by atoms with van der Waals surface area (Å²) in [6.07, 6.45) is 3.75. The molecule has 154 valence electrons. The van der Waals surface area contributed by atoms with Crippen molar-refractivity contribution in [3.63, 3.8) is 0 Å². The highest BCUT2D eigenvalue weighted by molar-refractivity contribution is 6.42. The van der Waals surface area contributed by atoms with Crippen molar-refractivity contribution >= 4 is 46.1 Å². The van der Waals surface area contributed by atoms with Crippen LogP contribution in [0, 0.1) is 0 Å². The lowest BCUT2D eigenvalue weighted by Crippen LogP contribution is -2.33. The quantitative estimate of drug-likeness (QED) is 0.602. The predicted molar refractivity (Wildman–Crippen MR) is 117 cm³/mol. The number of halogens is 2. The molecule has 1 aliphatic rings. The minimum Gasteiger partial charge on any atom is -0.394 e. The molecule has 0 bridgehead atoms. The van der Waals surface area contributed by atoms with Crippen LogP contribution in [0.4, 0.5) is 11.8 Å². The highest BCUT2D eigenvalue weighted by Crippen LogP contribution is 2.29. The molecule has 1 atom stereocenters. The van der Waals surface area contributed by atoms with Gasteiger partial charge in [-0.3, -0.25) is 0 Å². The van der Waals surface area contributed by atoms with Crippen LogP contribution < -0.4 is 10.2 Å². The third-order valence-electron chi connectivity index (χ3n) is 5.25. The van der Waals surface area contributed by atoms with Gasteiger partial charge in [0.25, 0.3) is 0 Å². The Labute approximate surface area is 179 Å². The molecule has 2 aromatic heterocycles. The second-order valence-corrected chi connectivity index (χ2v) is 8.38. The molecule has 7 nitrogen and oxygen atoms in total. The van der Waals surface area contributed by atoms with E-state index in [9.17, 15) is 5.11 Å². The van der Waals surface area contributed by atoms with Gasteiger partial charge in [-0.2, -0.15) is 9.97 Å². The van der Waals surface area contributed by atoms with E-state index in [4.69, 9.17) is 33.2 Å². The van der Waals surface area contributed by atoms with Gasteiger partial charge in [-0.1, -0.05) is 29.3 Å². The standard InChI is InChI=1S/C20H24Cl2N6O/c1-12(2)28-11-24-17-18(23-9-13-5-6-15(21)16(22)8-13)25-20(26-19(17)28)27-7-3-4-14(27)10-29/h5-6,8,11-12,14,29H,3-4,7,9-10H2,1-2H3,(H,23,25,26). The van der Waals surface area contributed by atoms with Crippen LogP contribution in [0.15, 0.2) is 24.5 Å². The fourth-order valence-corrected chi connectivity index (χ4v) is 3.98. The Kier molecular flexibility index (Phi) is 5.81. The minimum absolute atomic E-state index is 0.0470. The molecule has 1 fully saturated rings. The van der Waals surface area contributed by atoms with Crippen molar-refractivity contribution in [2.75, 3.05) is 23.4 Å². The molecule has 1 aromatic carbocycles. The summed E-state index contributed by atoms with van der Waals surface area (Å²) in [5.74, 6) is 1.28. The van der Waals surface area contributed by atoms with Crippen LogP contribution in [0.3, 0.4) is 0 Å². The summed E-state index contributed by atoms with van der Waals surface area (Å²) >= 11 is 12.2. The average molecular weight is 435 g/mol. The molecular formula is C20H24Cl2N6O. The first kappa shape index (κ1) is 20.2. The average Bonchev–Trinajstić information content (AvgIpc) is 3.35. The third kappa shape index (κ3) is 3.99.